The summed E-state index contributed by atoms with van der Waals surface area (Å²) in [6.45, 7) is 2.60. The van der Waals surface area contributed by atoms with E-state index < -0.39 is 0 Å². The van der Waals surface area contributed by atoms with E-state index in [2.05, 4.69) is 15.6 Å². The van der Waals surface area contributed by atoms with E-state index in [1.54, 1.807) is 30.3 Å². The van der Waals surface area contributed by atoms with E-state index >= 15 is 0 Å². The zero-order valence-electron chi connectivity index (χ0n) is 17.5. The number of fused-ring (bicyclic) bond motifs is 1. The number of benzene rings is 2. The molecule has 0 unspecified atom stereocenters. The van der Waals surface area contributed by atoms with Crippen molar-refractivity contribution < 1.29 is 9.59 Å². The standard InChI is InChI=1S/C24H22N4O3S/c1-16-6-8-17(9-7-16)14-25-22(30)18-4-2-3-5-20(18)27-21(29)10-12-28-15-26-23-19(24(28)31)11-13-32-23/h2-9,11,13,15H,10,12,14H2,1H3,(H,25,30)(H,27,29). The fourth-order valence-corrected chi connectivity index (χ4v) is 3.98. The number of nitrogens with one attached hydrogen (secondary N) is 2. The number of thiophene rings is 1. The zero-order chi connectivity index (χ0) is 22.5. The van der Waals surface area contributed by atoms with Gasteiger partial charge in [0.2, 0.25) is 5.91 Å². The molecule has 32 heavy (non-hydrogen) atoms. The van der Waals surface area contributed by atoms with Crippen LogP contribution in [-0.2, 0) is 17.9 Å². The van der Waals surface area contributed by atoms with Gasteiger partial charge in [-0.05, 0) is 36.1 Å². The summed E-state index contributed by atoms with van der Waals surface area (Å²) in [5.74, 6) is -0.564. The molecule has 0 fully saturated rings. The van der Waals surface area contributed by atoms with Gasteiger partial charge in [-0.1, -0.05) is 42.0 Å². The largest absolute Gasteiger partial charge is 0.348 e. The Morgan fingerprint density at radius 1 is 1.06 bits per heavy atom. The molecule has 2 N–H and O–H groups in total. The first kappa shape index (κ1) is 21.5. The van der Waals surface area contributed by atoms with E-state index in [0.29, 0.717) is 28.0 Å². The van der Waals surface area contributed by atoms with Crippen molar-refractivity contribution in [3.05, 3.63) is 93.3 Å². The number of carbonyl (C=O) groups excluding carboxylic acids is 2. The quantitative estimate of drug-likeness (QED) is 0.452. The molecule has 0 spiro atoms. The summed E-state index contributed by atoms with van der Waals surface area (Å²) in [5.41, 5.74) is 2.79. The molecule has 0 aliphatic carbocycles. The van der Waals surface area contributed by atoms with Gasteiger partial charge in [-0.25, -0.2) is 4.98 Å². The van der Waals surface area contributed by atoms with Crippen LogP contribution in [0.1, 0.15) is 27.9 Å². The van der Waals surface area contributed by atoms with Crippen LogP contribution in [-0.4, -0.2) is 21.4 Å². The molecule has 8 heteroatoms. The number of anilines is 1. The summed E-state index contributed by atoms with van der Waals surface area (Å²) >= 11 is 1.40. The Bertz CT molecular complexity index is 1330. The SMILES string of the molecule is Cc1ccc(CNC(=O)c2ccccc2NC(=O)CCn2cnc3sccc3c2=O)cc1. The maximum Gasteiger partial charge on any atom is 0.262 e. The average Bonchev–Trinajstić information content (AvgIpc) is 3.28. The van der Waals surface area contributed by atoms with Gasteiger partial charge in [-0.2, -0.15) is 0 Å². The first-order valence-electron chi connectivity index (χ1n) is 10.2. The number of rotatable bonds is 7. The molecule has 2 aromatic carbocycles. The summed E-state index contributed by atoms with van der Waals surface area (Å²) in [6.07, 6.45) is 1.54. The van der Waals surface area contributed by atoms with Gasteiger partial charge in [-0.3, -0.25) is 19.0 Å². The van der Waals surface area contributed by atoms with Crippen LogP contribution in [0.3, 0.4) is 0 Å². The van der Waals surface area contributed by atoms with Gasteiger partial charge in [-0.15, -0.1) is 11.3 Å². The van der Waals surface area contributed by atoms with Crippen molar-refractivity contribution in [2.75, 3.05) is 5.32 Å². The third kappa shape index (κ3) is 4.92. The summed E-state index contributed by atoms with van der Waals surface area (Å²) < 4.78 is 1.43. The molecule has 7 nitrogen and oxygen atoms in total. The highest BCUT2D eigenvalue weighted by Gasteiger charge is 2.14. The van der Waals surface area contributed by atoms with Crippen molar-refractivity contribution in [2.24, 2.45) is 0 Å². The highest BCUT2D eigenvalue weighted by molar-refractivity contribution is 7.16. The number of carbonyl (C=O) groups is 2. The van der Waals surface area contributed by atoms with Crippen LogP contribution < -0.4 is 16.2 Å². The first-order chi connectivity index (χ1) is 15.5. The van der Waals surface area contributed by atoms with Crippen molar-refractivity contribution >= 4 is 39.1 Å². The summed E-state index contributed by atoms with van der Waals surface area (Å²) in [4.78, 5) is 42.6. The van der Waals surface area contributed by atoms with Crippen LogP contribution in [0.5, 0.6) is 0 Å². The average molecular weight is 447 g/mol. The number of nitrogens with zero attached hydrogens (tertiary/aromatic N) is 2. The molecule has 2 aromatic heterocycles. The second kappa shape index (κ2) is 9.57. The third-order valence-electron chi connectivity index (χ3n) is 5.05. The molecule has 2 heterocycles. The topological polar surface area (TPSA) is 93.1 Å². The van der Waals surface area contributed by atoms with E-state index in [1.165, 1.54) is 22.2 Å². The second-order valence-corrected chi connectivity index (χ2v) is 8.29. The van der Waals surface area contributed by atoms with Crippen molar-refractivity contribution in [1.82, 2.24) is 14.9 Å². The first-order valence-corrected chi connectivity index (χ1v) is 11.0. The summed E-state index contributed by atoms with van der Waals surface area (Å²) in [5, 5.41) is 8.04. The van der Waals surface area contributed by atoms with Gasteiger partial charge >= 0.3 is 0 Å². The fraction of sp³-hybridized carbons (Fsp3) is 0.167. The number of aryl methyl sites for hydroxylation is 2. The summed E-state index contributed by atoms with van der Waals surface area (Å²) in [6, 6.07) is 16.5. The number of amides is 2. The van der Waals surface area contributed by atoms with Crippen LogP contribution in [0.15, 0.2) is 71.1 Å². The van der Waals surface area contributed by atoms with E-state index in [1.807, 2.05) is 36.6 Å². The highest BCUT2D eigenvalue weighted by atomic mass is 32.1. The highest BCUT2D eigenvalue weighted by Crippen LogP contribution is 2.16. The second-order valence-electron chi connectivity index (χ2n) is 7.39. The number of hydrogen-bond donors (Lipinski definition) is 2. The summed E-state index contributed by atoms with van der Waals surface area (Å²) in [7, 11) is 0. The number of para-hydroxylation sites is 1. The van der Waals surface area contributed by atoms with Crippen LogP contribution >= 0.6 is 11.3 Å². The molecular weight excluding hydrogens is 424 g/mol. The molecule has 0 aliphatic heterocycles. The molecule has 162 valence electrons. The molecule has 0 saturated heterocycles. The van der Waals surface area contributed by atoms with E-state index in [0.717, 1.165) is 11.1 Å². The fourth-order valence-electron chi connectivity index (χ4n) is 3.26. The number of aromatic nitrogens is 2. The monoisotopic (exact) mass is 446 g/mol. The van der Waals surface area contributed by atoms with E-state index in [4.69, 9.17) is 0 Å². The minimum absolute atomic E-state index is 0.0799. The maximum atomic E-state index is 12.7. The van der Waals surface area contributed by atoms with Gasteiger partial charge in [0.05, 0.1) is 23.0 Å². The van der Waals surface area contributed by atoms with Crippen LogP contribution in [0.25, 0.3) is 10.2 Å². The lowest BCUT2D eigenvalue weighted by atomic mass is 10.1. The normalized spacial score (nSPS) is 10.8. The molecule has 0 bridgehead atoms. The Balaban J connectivity index is 1.38. The molecule has 4 rings (SSSR count). The predicted molar refractivity (Wildman–Crippen MR) is 126 cm³/mol. The lowest BCUT2D eigenvalue weighted by molar-refractivity contribution is -0.116. The van der Waals surface area contributed by atoms with Crippen LogP contribution in [0.2, 0.25) is 0 Å². The minimum atomic E-state index is -0.291. The predicted octanol–water partition coefficient (Wildman–Crippen LogP) is 3.73. The Labute approximate surface area is 188 Å². The third-order valence-corrected chi connectivity index (χ3v) is 5.87. The minimum Gasteiger partial charge on any atom is -0.348 e. The van der Waals surface area contributed by atoms with E-state index in [-0.39, 0.29) is 30.3 Å². The van der Waals surface area contributed by atoms with Crippen molar-refractivity contribution in [2.45, 2.75) is 26.4 Å². The van der Waals surface area contributed by atoms with Crippen molar-refractivity contribution in [3.63, 3.8) is 0 Å². The maximum absolute atomic E-state index is 12.7. The van der Waals surface area contributed by atoms with Crippen LogP contribution in [0.4, 0.5) is 5.69 Å². The lowest BCUT2D eigenvalue weighted by Crippen LogP contribution is -2.26. The van der Waals surface area contributed by atoms with Crippen molar-refractivity contribution in [3.8, 4) is 0 Å². The molecule has 2 amide bonds. The van der Waals surface area contributed by atoms with Crippen molar-refractivity contribution in [1.29, 1.82) is 0 Å². The molecular formula is C24H22N4O3S. The Kier molecular flexibility index (Phi) is 6.42. The van der Waals surface area contributed by atoms with Gasteiger partial charge in [0.1, 0.15) is 4.83 Å². The zero-order valence-corrected chi connectivity index (χ0v) is 18.3. The Hall–Kier alpha value is -3.78. The van der Waals surface area contributed by atoms with Crippen LogP contribution in [0, 0.1) is 6.92 Å². The number of hydrogen-bond acceptors (Lipinski definition) is 5. The Morgan fingerprint density at radius 2 is 1.84 bits per heavy atom. The van der Waals surface area contributed by atoms with Gasteiger partial charge in [0, 0.05) is 19.5 Å². The van der Waals surface area contributed by atoms with Gasteiger partial charge < -0.3 is 10.6 Å². The van der Waals surface area contributed by atoms with E-state index in [9.17, 15) is 14.4 Å². The van der Waals surface area contributed by atoms with Gasteiger partial charge in [0.15, 0.2) is 0 Å². The smallest absolute Gasteiger partial charge is 0.262 e. The molecule has 0 atom stereocenters. The lowest BCUT2D eigenvalue weighted by Gasteiger charge is -2.12. The van der Waals surface area contributed by atoms with Gasteiger partial charge in [0.25, 0.3) is 11.5 Å². The Morgan fingerprint density at radius 3 is 2.66 bits per heavy atom. The molecule has 0 saturated carbocycles. The molecule has 0 radical (unpaired) electrons. The molecule has 0 aliphatic rings. The molecule has 4 aromatic rings.